The number of hydrogen-bond donors (Lipinski definition) is 4. The van der Waals surface area contributed by atoms with Gasteiger partial charge in [-0.25, -0.2) is 10.5 Å². The molecule has 4 aromatic rings. The maximum Gasteiger partial charge on any atom is 0.274 e. The van der Waals surface area contributed by atoms with Crippen LogP contribution in [0.5, 0.6) is 0 Å². The second-order valence-electron chi connectivity index (χ2n) is 5.01. The highest BCUT2D eigenvalue weighted by atomic mass is 16.5. The Kier molecular flexibility index (Phi) is 2.70. The molecule has 0 radical (unpaired) electrons. The molecule has 108 valence electrons. The van der Waals surface area contributed by atoms with Gasteiger partial charge in [-0.1, -0.05) is 18.2 Å². The van der Waals surface area contributed by atoms with Crippen molar-refractivity contribution in [3.8, 4) is 11.4 Å². The van der Waals surface area contributed by atoms with E-state index in [1.165, 1.54) is 0 Å². The van der Waals surface area contributed by atoms with E-state index in [9.17, 15) is 4.79 Å². The molecule has 6 heteroatoms. The summed E-state index contributed by atoms with van der Waals surface area (Å²) in [5, 5.41) is 9.78. The van der Waals surface area contributed by atoms with Crippen molar-refractivity contribution in [2.75, 3.05) is 0 Å². The summed E-state index contributed by atoms with van der Waals surface area (Å²) >= 11 is 0. The van der Waals surface area contributed by atoms with Crippen LogP contribution in [-0.4, -0.2) is 26.1 Å². The molecular weight excluding hydrogens is 280 g/mol. The molecule has 0 fully saturated rings. The Balaban J connectivity index is 1.87. The van der Waals surface area contributed by atoms with Gasteiger partial charge in [0.2, 0.25) is 0 Å². The van der Waals surface area contributed by atoms with Crippen LogP contribution in [0.25, 0.3) is 33.3 Å². The van der Waals surface area contributed by atoms with Gasteiger partial charge in [0.05, 0.1) is 11.0 Å². The lowest BCUT2D eigenvalue weighted by Gasteiger charge is -1.97. The van der Waals surface area contributed by atoms with Crippen LogP contribution < -0.4 is 5.48 Å². The third kappa shape index (κ3) is 1.86. The van der Waals surface area contributed by atoms with Crippen LogP contribution >= 0.6 is 0 Å². The van der Waals surface area contributed by atoms with Gasteiger partial charge in [-0.3, -0.25) is 10.0 Å². The molecule has 0 saturated heterocycles. The SMILES string of the molecule is O=C(NO)c1ccc2nc(-c3c[nH]c4ccccc34)[nH]c2c1. The van der Waals surface area contributed by atoms with Crippen molar-refractivity contribution in [1.82, 2.24) is 20.4 Å². The molecule has 0 atom stereocenters. The summed E-state index contributed by atoms with van der Waals surface area (Å²) < 4.78 is 0. The molecule has 0 aliphatic carbocycles. The summed E-state index contributed by atoms with van der Waals surface area (Å²) in [5.74, 6) is 0.180. The fourth-order valence-electron chi connectivity index (χ4n) is 2.61. The Morgan fingerprint density at radius 1 is 1.14 bits per heavy atom. The van der Waals surface area contributed by atoms with E-state index in [0.717, 1.165) is 33.3 Å². The second-order valence-corrected chi connectivity index (χ2v) is 5.01. The number of benzene rings is 2. The topological polar surface area (TPSA) is 93.8 Å². The monoisotopic (exact) mass is 292 g/mol. The summed E-state index contributed by atoms with van der Waals surface area (Å²) in [4.78, 5) is 22.5. The standard InChI is InChI=1S/C16H12N4O2/c21-16(20-22)9-5-6-13-14(7-9)19-15(18-13)11-8-17-12-4-2-1-3-10(11)12/h1-8,17,22H,(H,18,19)(H,20,21). The molecule has 1 amide bonds. The zero-order valence-corrected chi connectivity index (χ0v) is 11.4. The molecule has 2 aromatic heterocycles. The number of carbonyl (C=O) groups excluding carboxylic acids is 1. The molecule has 6 nitrogen and oxygen atoms in total. The van der Waals surface area contributed by atoms with Crippen molar-refractivity contribution in [3.05, 3.63) is 54.2 Å². The molecule has 0 aliphatic rings. The smallest absolute Gasteiger partial charge is 0.274 e. The van der Waals surface area contributed by atoms with Gasteiger partial charge in [0, 0.05) is 28.2 Å². The van der Waals surface area contributed by atoms with E-state index >= 15 is 0 Å². The minimum Gasteiger partial charge on any atom is -0.360 e. The predicted octanol–water partition coefficient (Wildman–Crippen LogP) is 2.83. The van der Waals surface area contributed by atoms with E-state index in [1.54, 1.807) is 23.7 Å². The maximum atomic E-state index is 11.5. The largest absolute Gasteiger partial charge is 0.360 e. The molecule has 2 heterocycles. The molecule has 0 saturated carbocycles. The third-order valence-corrected chi connectivity index (χ3v) is 3.69. The van der Waals surface area contributed by atoms with E-state index in [4.69, 9.17) is 5.21 Å². The average molecular weight is 292 g/mol. The average Bonchev–Trinajstić information content (AvgIpc) is 3.16. The Morgan fingerprint density at radius 2 is 2.00 bits per heavy atom. The highest BCUT2D eigenvalue weighted by Crippen LogP contribution is 2.28. The first-order valence-corrected chi connectivity index (χ1v) is 6.77. The van der Waals surface area contributed by atoms with Crippen LogP contribution in [0.1, 0.15) is 10.4 Å². The van der Waals surface area contributed by atoms with Crippen molar-refractivity contribution < 1.29 is 10.0 Å². The van der Waals surface area contributed by atoms with E-state index in [1.807, 2.05) is 30.5 Å². The van der Waals surface area contributed by atoms with Crippen molar-refractivity contribution in [1.29, 1.82) is 0 Å². The number of amides is 1. The predicted molar refractivity (Wildman–Crippen MR) is 82.6 cm³/mol. The highest BCUT2D eigenvalue weighted by Gasteiger charge is 2.12. The molecule has 0 spiro atoms. The van der Waals surface area contributed by atoms with Gasteiger partial charge in [0.1, 0.15) is 5.82 Å². The van der Waals surface area contributed by atoms with Gasteiger partial charge in [0.25, 0.3) is 5.91 Å². The Morgan fingerprint density at radius 3 is 2.86 bits per heavy atom. The molecule has 0 aliphatic heterocycles. The molecular formula is C16H12N4O2. The van der Waals surface area contributed by atoms with Gasteiger partial charge in [-0.05, 0) is 24.3 Å². The number of nitrogens with zero attached hydrogens (tertiary/aromatic N) is 1. The number of imidazole rings is 1. The van der Waals surface area contributed by atoms with Crippen LogP contribution in [0, 0.1) is 0 Å². The van der Waals surface area contributed by atoms with Gasteiger partial charge >= 0.3 is 0 Å². The molecule has 0 unspecified atom stereocenters. The number of rotatable bonds is 2. The third-order valence-electron chi connectivity index (χ3n) is 3.69. The summed E-state index contributed by atoms with van der Waals surface area (Å²) in [7, 11) is 0. The molecule has 0 bridgehead atoms. The van der Waals surface area contributed by atoms with E-state index < -0.39 is 5.91 Å². The van der Waals surface area contributed by atoms with Crippen LogP contribution in [0.2, 0.25) is 0 Å². The zero-order valence-electron chi connectivity index (χ0n) is 11.4. The van der Waals surface area contributed by atoms with E-state index in [0.29, 0.717) is 5.56 Å². The minimum absolute atomic E-state index is 0.365. The number of hydrogen-bond acceptors (Lipinski definition) is 3. The maximum absolute atomic E-state index is 11.5. The van der Waals surface area contributed by atoms with E-state index in [-0.39, 0.29) is 0 Å². The Bertz CT molecular complexity index is 1000. The molecule has 22 heavy (non-hydrogen) atoms. The summed E-state index contributed by atoms with van der Waals surface area (Å²) in [5.41, 5.74) is 5.50. The van der Waals surface area contributed by atoms with E-state index in [2.05, 4.69) is 15.0 Å². The summed E-state index contributed by atoms with van der Waals surface area (Å²) in [6, 6.07) is 13.0. The normalized spacial score (nSPS) is 11.1. The number of fused-ring (bicyclic) bond motifs is 2. The summed E-state index contributed by atoms with van der Waals surface area (Å²) in [6.07, 6.45) is 1.91. The highest BCUT2D eigenvalue weighted by molar-refractivity contribution is 5.98. The number of hydroxylamine groups is 1. The lowest BCUT2D eigenvalue weighted by molar-refractivity contribution is 0.0706. The Labute approximate surface area is 124 Å². The first-order chi connectivity index (χ1) is 10.8. The van der Waals surface area contributed by atoms with Crippen molar-refractivity contribution in [2.45, 2.75) is 0 Å². The Hall–Kier alpha value is -3.12. The van der Waals surface area contributed by atoms with Crippen molar-refractivity contribution >= 4 is 27.8 Å². The lowest BCUT2D eigenvalue weighted by atomic mass is 10.2. The van der Waals surface area contributed by atoms with Crippen LogP contribution in [-0.2, 0) is 0 Å². The van der Waals surface area contributed by atoms with Gasteiger partial charge < -0.3 is 9.97 Å². The van der Waals surface area contributed by atoms with Gasteiger partial charge in [-0.2, -0.15) is 0 Å². The molecule has 4 N–H and O–H groups in total. The van der Waals surface area contributed by atoms with Gasteiger partial charge in [-0.15, -0.1) is 0 Å². The number of aromatic nitrogens is 3. The van der Waals surface area contributed by atoms with Crippen molar-refractivity contribution in [3.63, 3.8) is 0 Å². The minimum atomic E-state index is -0.551. The zero-order chi connectivity index (χ0) is 15.1. The van der Waals surface area contributed by atoms with Crippen LogP contribution in [0.4, 0.5) is 0 Å². The first-order valence-electron chi connectivity index (χ1n) is 6.77. The number of para-hydroxylation sites is 1. The number of carbonyl (C=O) groups is 1. The quantitative estimate of drug-likeness (QED) is 0.338. The first kappa shape index (κ1) is 12.6. The summed E-state index contributed by atoms with van der Waals surface area (Å²) in [6.45, 7) is 0. The molecule has 4 rings (SSSR count). The number of aromatic amines is 2. The lowest BCUT2D eigenvalue weighted by Crippen LogP contribution is -2.18. The number of nitrogens with one attached hydrogen (secondary N) is 3. The van der Waals surface area contributed by atoms with Gasteiger partial charge in [0.15, 0.2) is 0 Å². The van der Waals surface area contributed by atoms with Crippen LogP contribution in [0.15, 0.2) is 48.7 Å². The number of H-pyrrole nitrogens is 2. The fourth-order valence-corrected chi connectivity index (χ4v) is 2.61. The van der Waals surface area contributed by atoms with Crippen molar-refractivity contribution in [2.24, 2.45) is 0 Å². The van der Waals surface area contributed by atoms with Crippen LogP contribution in [0.3, 0.4) is 0 Å². The molecule has 2 aromatic carbocycles. The second kappa shape index (κ2) is 4.71. The fraction of sp³-hybridized carbons (Fsp3) is 0.